The predicted octanol–water partition coefficient (Wildman–Crippen LogP) is 3.15. The van der Waals surface area contributed by atoms with Crippen molar-refractivity contribution in [3.63, 3.8) is 0 Å². The van der Waals surface area contributed by atoms with Crippen LogP contribution in [-0.2, 0) is 10.0 Å². The van der Waals surface area contributed by atoms with Crippen LogP contribution in [-0.4, -0.2) is 19.5 Å². The number of carboxylic acids is 1. The van der Waals surface area contributed by atoms with Crippen LogP contribution in [0.15, 0.2) is 47.4 Å². The van der Waals surface area contributed by atoms with Crippen LogP contribution in [0.3, 0.4) is 0 Å². The summed E-state index contributed by atoms with van der Waals surface area (Å²) >= 11 is 5.73. The Morgan fingerprint density at radius 2 is 1.76 bits per heavy atom. The van der Waals surface area contributed by atoms with E-state index in [1.807, 2.05) is 0 Å². The largest absolute Gasteiger partial charge is 0.478 e. The van der Waals surface area contributed by atoms with Gasteiger partial charge in [-0.3, -0.25) is 4.72 Å². The van der Waals surface area contributed by atoms with Gasteiger partial charge in [0.05, 0.1) is 10.5 Å². The fourth-order valence-corrected chi connectivity index (χ4v) is 2.94. The summed E-state index contributed by atoms with van der Waals surface area (Å²) in [6.07, 6.45) is 0. The van der Waals surface area contributed by atoms with Crippen molar-refractivity contribution in [1.82, 2.24) is 0 Å². The van der Waals surface area contributed by atoms with E-state index >= 15 is 0 Å². The molecular weight excluding hydrogens is 314 g/mol. The molecule has 0 amide bonds. The molecule has 0 atom stereocenters. The second-order valence-corrected chi connectivity index (χ2v) is 6.51. The molecule has 21 heavy (non-hydrogen) atoms. The molecule has 7 heteroatoms. The molecule has 0 saturated carbocycles. The average molecular weight is 326 g/mol. The molecule has 2 rings (SSSR count). The Kier molecular flexibility index (Phi) is 4.20. The Morgan fingerprint density at radius 3 is 2.33 bits per heavy atom. The molecule has 0 radical (unpaired) electrons. The van der Waals surface area contributed by atoms with E-state index in [0.29, 0.717) is 16.3 Å². The zero-order valence-corrected chi connectivity index (χ0v) is 12.6. The van der Waals surface area contributed by atoms with Crippen molar-refractivity contribution in [1.29, 1.82) is 0 Å². The number of rotatable bonds is 4. The molecule has 0 aliphatic heterocycles. The van der Waals surface area contributed by atoms with Crippen molar-refractivity contribution < 1.29 is 18.3 Å². The van der Waals surface area contributed by atoms with E-state index in [-0.39, 0.29) is 10.5 Å². The van der Waals surface area contributed by atoms with Gasteiger partial charge in [-0.15, -0.1) is 0 Å². The van der Waals surface area contributed by atoms with Crippen molar-refractivity contribution in [2.45, 2.75) is 11.8 Å². The van der Waals surface area contributed by atoms with Crippen molar-refractivity contribution in [3.8, 4) is 0 Å². The summed E-state index contributed by atoms with van der Waals surface area (Å²) in [5.41, 5.74) is 0.791. The summed E-state index contributed by atoms with van der Waals surface area (Å²) in [7, 11) is -3.86. The zero-order chi connectivity index (χ0) is 15.6. The van der Waals surface area contributed by atoms with Gasteiger partial charge in [-0.1, -0.05) is 17.7 Å². The van der Waals surface area contributed by atoms with E-state index < -0.39 is 16.0 Å². The van der Waals surface area contributed by atoms with Gasteiger partial charge in [-0.25, -0.2) is 13.2 Å². The van der Waals surface area contributed by atoms with Crippen LogP contribution in [0.1, 0.15) is 15.9 Å². The number of nitrogens with one attached hydrogen (secondary N) is 1. The Balaban J connectivity index is 2.38. The number of carbonyl (C=O) groups is 1. The molecule has 5 nitrogen and oxygen atoms in total. The van der Waals surface area contributed by atoms with E-state index in [2.05, 4.69) is 4.72 Å². The van der Waals surface area contributed by atoms with Crippen LogP contribution < -0.4 is 4.72 Å². The Labute approximate surface area is 127 Å². The minimum Gasteiger partial charge on any atom is -0.478 e. The quantitative estimate of drug-likeness (QED) is 0.904. The maximum atomic E-state index is 12.2. The third-order valence-corrected chi connectivity index (χ3v) is 4.48. The fraction of sp³-hybridized carbons (Fsp3) is 0.0714. The molecule has 0 heterocycles. The third kappa shape index (κ3) is 3.53. The molecular formula is C14H12ClNO4S. The Morgan fingerprint density at radius 1 is 1.14 bits per heavy atom. The number of anilines is 1. The van der Waals surface area contributed by atoms with Gasteiger partial charge in [-0.2, -0.15) is 0 Å². The van der Waals surface area contributed by atoms with E-state index in [1.54, 1.807) is 19.1 Å². The van der Waals surface area contributed by atoms with E-state index in [4.69, 9.17) is 16.7 Å². The fourth-order valence-electron chi connectivity index (χ4n) is 1.73. The first-order chi connectivity index (χ1) is 9.79. The number of sulfonamides is 1. The lowest BCUT2D eigenvalue weighted by molar-refractivity contribution is 0.0696. The van der Waals surface area contributed by atoms with Gasteiger partial charge in [0.1, 0.15) is 0 Å². The molecule has 0 aliphatic rings. The maximum absolute atomic E-state index is 12.2. The molecule has 2 aromatic rings. The molecule has 110 valence electrons. The first kappa shape index (κ1) is 15.3. The lowest BCUT2D eigenvalue weighted by Gasteiger charge is -2.09. The van der Waals surface area contributed by atoms with Crippen molar-refractivity contribution in [2.24, 2.45) is 0 Å². The summed E-state index contributed by atoms with van der Waals surface area (Å²) < 4.78 is 26.8. The zero-order valence-electron chi connectivity index (χ0n) is 11.0. The summed E-state index contributed by atoms with van der Waals surface area (Å²) in [5, 5.41) is 9.53. The molecule has 0 spiro atoms. The number of halogens is 1. The minimum absolute atomic E-state index is 0.0472. The van der Waals surface area contributed by atoms with Crippen LogP contribution in [0.25, 0.3) is 0 Å². The average Bonchev–Trinajstić information content (AvgIpc) is 2.41. The lowest BCUT2D eigenvalue weighted by Crippen LogP contribution is -2.14. The highest BCUT2D eigenvalue weighted by molar-refractivity contribution is 7.92. The minimum atomic E-state index is -3.86. The lowest BCUT2D eigenvalue weighted by atomic mass is 10.1. The summed E-state index contributed by atoms with van der Waals surface area (Å²) in [5.74, 6) is -1.17. The topological polar surface area (TPSA) is 83.5 Å². The highest BCUT2D eigenvalue weighted by Gasteiger charge is 2.17. The van der Waals surface area contributed by atoms with E-state index in [1.165, 1.54) is 24.3 Å². The normalized spacial score (nSPS) is 11.1. The molecule has 0 unspecified atom stereocenters. The summed E-state index contributed by atoms with van der Waals surface area (Å²) in [6, 6.07) is 10.1. The van der Waals surface area contributed by atoms with Gasteiger partial charge in [-0.05, 0) is 48.9 Å². The van der Waals surface area contributed by atoms with Crippen molar-refractivity contribution in [2.75, 3.05) is 4.72 Å². The standard InChI is InChI=1S/C14H12ClNO4S/c1-9-2-7-12(8-13(9)14(17)18)21(19,20)16-11-5-3-10(15)4-6-11/h2-8,16H,1H3,(H,17,18). The number of aryl methyl sites for hydroxylation is 1. The van der Waals surface area contributed by atoms with Gasteiger partial charge in [0.2, 0.25) is 0 Å². The highest BCUT2D eigenvalue weighted by atomic mass is 35.5. The van der Waals surface area contributed by atoms with Gasteiger partial charge in [0, 0.05) is 10.7 Å². The number of aromatic carboxylic acids is 1. The van der Waals surface area contributed by atoms with E-state index in [0.717, 1.165) is 6.07 Å². The van der Waals surface area contributed by atoms with Gasteiger partial charge in [0.25, 0.3) is 10.0 Å². The van der Waals surface area contributed by atoms with Crippen LogP contribution >= 0.6 is 11.6 Å². The predicted molar refractivity (Wildman–Crippen MR) is 80.4 cm³/mol. The second kappa shape index (κ2) is 5.75. The van der Waals surface area contributed by atoms with Crippen LogP contribution in [0.2, 0.25) is 5.02 Å². The molecule has 0 fully saturated rings. The van der Waals surface area contributed by atoms with Gasteiger partial charge >= 0.3 is 5.97 Å². The summed E-state index contributed by atoms with van der Waals surface area (Å²) in [6.45, 7) is 1.60. The Hall–Kier alpha value is -2.05. The smallest absolute Gasteiger partial charge is 0.335 e. The van der Waals surface area contributed by atoms with Gasteiger partial charge < -0.3 is 5.11 Å². The highest BCUT2D eigenvalue weighted by Crippen LogP contribution is 2.20. The number of hydrogen-bond donors (Lipinski definition) is 2. The molecule has 0 bridgehead atoms. The first-order valence-corrected chi connectivity index (χ1v) is 7.78. The maximum Gasteiger partial charge on any atom is 0.335 e. The van der Waals surface area contributed by atoms with Crippen molar-refractivity contribution >= 4 is 33.3 Å². The van der Waals surface area contributed by atoms with Crippen molar-refractivity contribution in [3.05, 3.63) is 58.6 Å². The Bertz CT molecular complexity index is 785. The third-order valence-electron chi connectivity index (χ3n) is 2.85. The number of carboxylic acid groups (broad SMARTS) is 1. The van der Waals surface area contributed by atoms with Crippen LogP contribution in [0.4, 0.5) is 5.69 Å². The number of hydrogen-bond acceptors (Lipinski definition) is 3. The van der Waals surface area contributed by atoms with E-state index in [9.17, 15) is 13.2 Å². The number of benzene rings is 2. The first-order valence-electron chi connectivity index (χ1n) is 5.92. The molecule has 0 saturated heterocycles. The molecule has 2 aromatic carbocycles. The molecule has 0 aliphatic carbocycles. The molecule has 0 aromatic heterocycles. The van der Waals surface area contributed by atoms with Gasteiger partial charge in [0.15, 0.2) is 0 Å². The van der Waals surface area contributed by atoms with Crippen LogP contribution in [0.5, 0.6) is 0 Å². The van der Waals surface area contributed by atoms with Crippen LogP contribution in [0, 0.1) is 6.92 Å². The summed E-state index contributed by atoms with van der Waals surface area (Å²) in [4.78, 5) is 11.0. The monoisotopic (exact) mass is 325 g/mol. The SMILES string of the molecule is Cc1ccc(S(=O)(=O)Nc2ccc(Cl)cc2)cc1C(=O)O. The second-order valence-electron chi connectivity index (χ2n) is 4.39. The molecule has 2 N–H and O–H groups in total.